The van der Waals surface area contributed by atoms with Crippen molar-refractivity contribution in [3.63, 3.8) is 0 Å². The van der Waals surface area contributed by atoms with Crippen LogP contribution in [0.4, 0.5) is 0 Å². The summed E-state index contributed by atoms with van der Waals surface area (Å²) in [5, 5.41) is 11.6. The molecule has 1 aromatic rings. The molecule has 0 saturated carbocycles. The molecule has 4 heteroatoms. The molecule has 0 aromatic heterocycles. The Balaban J connectivity index is 2.28. The van der Waals surface area contributed by atoms with Gasteiger partial charge in [0.2, 0.25) is 5.91 Å². The van der Waals surface area contributed by atoms with Crippen molar-refractivity contribution in [3.05, 3.63) is 35.9 Å². The molecule has 1 amide bonds. The molecule has 0 fully saturated rings. The van der Waals surface area contributed by atoms with Crippen molar-refractivity contribution < 1.29 is 9.90 Å². The Morgan fingerprint density at radius 2 is 2.00 bits per heavy atom. The van der Waals surface area contributed by atoms with E-state index in [2.05, 4.69) is 5.32 Å². The van der Waals surface area contributed by atoms with Crippen LogP contribution in [0, 0.1) is 0 Å². The summed E-state index contributed by atoms with van der Waals surface area (Å²) in [6.45, 7) is 2.08. The zero-order valence-electron chi connectivity index (χ0n) is 11.5. The average Bonchev–Trinajstić information content (AvgIpc) is 2.43. The van der Waals surface area contributed by atoms with Gasteiger partial charge in [0.05, 0.1) is 6.04 Å². The molecule has 1 aromatic carbocycles. The van der Waals surface area contributed by atoms with Crippen LogP contribution >= 0.6 is 0 Å². The molecule has 0 spiro atoms. The molecule has 0 heterocycles. The molecule has 106 valence electrons. The first kappa shape index (κ1) is 15.7. The van der Waals surface area contributed by atoms with Crippen molar-refractivity contribution >= 4 is 5.91 Å². The van der Waals surface area contributed by atoms with Crippen molar-refractivity contribution in [3.8, 4) is 0 Å². The van der Waals surface area contributed by atoms with Crippen molar-refractivity contribution in [1.29, 1.82) is 0 Å². The lowest BCUT2D eigenvalue weighted by atomic mass is 10.0. The van der Waals surface area contributed by atoms with Crippen LogP contribution < -0.4 is 11.1 Å². The summed E-state index contributed by atoms with van der Waals surface area (Å²) in [6, 6.07) is 9.59. The van der Waals surface area contributed by atoms with Crippen molar-refractivity contribution in [2.45, 2.75) is 44.7 Å². The van der Waals surface area contributed by atoms with Gasteiger partial charge >= 0.3 is 0 Å². The molecule has 4 nitrogen and oxygen atoms in total. The molecule has 19 heavy (non-hydrogen) atoms. The Kier molecular flexibility index (Phi) is 7.15. The summed E-state index contributed by atoms with van der Waals surface area (Å²) in [7, 11) is 0. The molecule has 1 rings (SSSR count). The second-order valence-electron chi connectivity index (χ2n) is 4.91. The maximum atomic E-state index is 11.8. The van der Waals surface area contributed by atoms with E-state index in [1.807, 2.05) is 37.3 Å². The van der Waals surface area contributed by atoms with Crippen LogP contribution in [0.5, 0.6) is 0 Å². The third-order valence-electron chi connectivity index (χ3n) is 3.11. The first-order valence-electron chi connectivity index (χ1n) is 6.84. The van der Waals surface area contributed by atoms with E-state index in [0.29, 0.717) is 12.8 Å². The van der Waals surface area contributed by atoms with Crippen LogP contribution in [0.1, 0.15) is 31.7 Å². The number of hydrogen-bond donors (Lipinski definition) is 3. The van der Waals surface area contributed by atoms with E-state index in [4.69, 9.17) is 10.8 Å². The fourth-order valence-electron chi connectivity index (χ4n) is 1.92. The van der Waals surface area contributed by atoms with E-state index < -0.39 is 6.04 Å². The number of aryl methyl sites for hydroxylation is 1. The fraction of sp³-hybridized carbons (Fsp3) is 0.533. The van der Waals surface area contributed by atoms with Crippen LogP contribution in [-0.2, 0) is 11.2 Å². The van der Waals surface area contributed by atoms with E-state index in [1.54, 1.807) is 0 Å². The summed E-state index contributed by atoms with van der Waals surface area (Å²) in [5.41, 5.74) is 7.07. The normalized spacial score (nSPS) is 13.8. The second kappa shape index (κ2) is 8.67. The SMILES string of the molecule is CC(CCCO)NC(=O)[C@@H](N)CCc1ccccc1. The summed E-state index contributed by atoms with van der Waals surface area (Å²) in [5.74, 6) is -0.110. The molecule has 0 aliphatic heterocycles. The highest BCUT2D eigenvalue weighted by atomic mass is 16.3. The highest BCUT2D eigenvalue weighted by Gasteiger charge is 2.15. The van der Waals surface area contributed by atoms with E-state index in [9.17, 15) is 4.79 Å². The van der Waals surface area contributed by atoms with E-state index in [-0.39, 0.29) is 18.6 Å². The summed E-state index contributed by atoms with van der Waals surface area (Å²) >= 11 is 0. The lowest BCUT2D eigenvalue weighted by molar-refractivity contribution is -0.123. The van der Waals surface area contributed by atoms with Gasteiger partial charge in [-0.2, -0.15) is 0 Å². The summed E-state index contributed by atoms with van der Waals surface area (Å²) < 4.78 is 0. The summed E-state index contributed by atoms with van der Waals surface area (Å²) in [4.78, 5) is 11.8. The number of carbonyl (C=O) groups excluding carboxylic acids is 1. The lowest BCUT2D eigenvalue weighted by Crippen LogP contribution is -2.44. The zero-order valence-corrected chi connectivity index (χ0v) is 11.5. The number of nitrogens with two attached hydrogens (primary N) is 1. The minimum absolute atomic E-state index is 0.0578. The Morgan fingerprint density at radius 1 is 1.32 bits per heavy atom. The van der Waals surface area contributed by atoms with Crippen LogP contribution in [0.2, 0.25) is 0 Å². The van der Waals surface area contributed by atoms with Crippen LogP contribution in [-0.4, -0.2) is 29.7 Å². The van der Waals surface area contributed by atoms with Crippen molar-refractivity contribution in [2.24, 2.45) is 5.73 Å². The number of amides is 1. The molecule has 0 bridgehead atoms. The number of rotatable bonds is 8. The van der Waals surface area contributed by atoms with E-state index in [1.165, 1.54) is 5.56 Å². The largest absolute Gasteiger partial charge is 0.396 e. The van der Waals surface area contributed by atoms with Crippen molar-refractivity contribution in [2.75, 3.05) is 6.61 Å². The van der Waals surface area contributed by atoms with Crippen LogP contribution in [0.15, 0.2) is 30.3 Å². The molecular formula is C15H24N2O2. The maximum absolute atomic E-state index is 11.8. The topological polar surface area (TPSA) is 75.3 Å². The highest BCUT2D eigenvalue weighted by Crippen LogP contribution is 2.04. The Hall–Kier alpha value is -1.39. The second-order valence-corrected chi connectivity index (χ2v) is 4.91. The number of aliphatic hydroxyl groups is 1. The van der Waals surface area contributed by atoms with Gasteiger partial charge in [0.15, 0.2) is 0 Å². The predicted molar refractivity (Wildman–Crippen MR) is 76.7 cm³/mol. The van der Waals surface area contributed by atoms with Gasteiger partial charge < -0.3 is 16.2 Å². The minimum atomic E-state index is -0.475. The smallest absolute Gasteiger partial charge is 0.237 e. The quantitative estimate of drug-likeness (QED) is 0.661. The van der Waals surface area contributed by atoms with Gasteiger partial charge in [0, 0.05) is 12.6 Å². The van der Waals surface area contributed by atoms with Gasteiger partial charge in [0.1, 0.15) is 0 Å². The molecular weight excluding hydrogens is 240 g/mol. The number of carbonyl (C=O) groups is 1. The summed E-state index contributed by atoms with van der Waals surface area (Å²) in [6.07, 6.45) is 2.91. The number of nitrogens with one attached hydrogen (secondary N) is 1. The number of hydrogen-bond acceptors (Lipinski definition) is 3. The zero-order chi connectivity index (χ0) is 14.1. The predicted octanol–water partition coefficient (Wildman–Crippen LogP) is 1.22. The molecule has 0 radical (unpaired) electrons. The van der Waals surface area contributed by atoms with Gasteiger partial charge in [-0.1, -0.05) is 30.3 Å². The lowest BCUT2D eigenvalue weighted by Gasteiger charge is -2.17. The maximum Gasteiger partial charge on any atom is 0.237 e. The Labute approximate surface area is 115 Å². The van der Waals surface area contributed by atoms with Crippen LogP contribution in [0.25, 0.3) is 0 Å². The van der Waals surface area contributed by atoms with Gasteiger partial charge in [0.25, 0.3) is 0 Å². The number of benzene rings is 1. The Morgan fingerprint density at radius 3 is 2.63 bits per heavy atom. The molecule has 2 atom stereocenters. The molecule has 0 saturated heterocycles. The monoisotopic (exact) mass is 264 g/mol. The third-order valence-corrected chi connectivity index (χ3v) is 3.11. The molecule has 0 aliphatic rings. The number of aliphatic hydroxyl groups excluding tert-OH is 1. The molecule has 4 N–H and O–H groups in total. The fourth-order valence-corrected chi connectivity index (χ4v) is 1.92. The van der Waals surface area contributed by atoms with Gasteiger partial charge in [-0.25, -0.2) is 0 Å². The van der Waals surface area contributed by atoms with E-state index in [0.717, 1.165) is 12.8 Å². The van der Waals surface area contributed by atoms with E-state index >= 15 is 0 Å². The van der Waals surface area contributed by atoms with Crippen molar-refractivity contribution in [1.82, 2.24) is 5.32 Å². The molecule has 1 unspecified atom stereocenters. The average molecular weight is 264 g/mol. The highest BCUT2D eigenvalue weighted by molar-refractivity contribution is 5.81. The van der Waals surface area contributed by atoms with Gasteiger partial charge in [-0.05, 0) is 38.2 Å². The van der Waals surface area contributed by atoms with Gasteiger partial charge in [-0.15, -0.1) is 0 Å². The van der Waals surface area contributed by atoms with Crippen LogP contribution in [0.3, 0.4) is 0 Å². The minimum Gasteiger partial charge on any atom is -0.396 e. The third kappa shape index (κ3) is 6.36. The standard InChI is InChI=1S/C15H24N2O2/c1-12(6-5-11-18)17-15(19)14(16)10-9-13-7-3-2-4-8-13/h2-4,7-8,12,14,18H,5-6,9-11,16H2,1H3,(H,17,19)/t12?,14-/m0/s1. The first-order valence-corrected chi connectivity index (χ1v) is 6.84. The molecule has 0 aliphatic carbocycles. The Bertz CT molecular complexity index is 368. The van der Waals surface area contributed by atoms with Gasteiger partial charge in [-0.3, -0.25) is 4.79 Å². The first-order chi connectivity index (χ1) is 9.13.